The summed E-state index contributed by atoms with van der Waals surface area (Å²) in [6.45, 7) is 0. The van der Waals surface area contributed by atoms with E-state index in [-0.39, 0.29) is 5.69 Å². The molecule has 3 aromatic rings. The third kappa shape index (κ3) is 1.60. The summed E-state index contributed by atoms with van der Waals surface area (Å²) in [6, 6.07) is 7.98. The summed E-state index contributed by atoms with van der Waals surface area (Å²) < 4.78 is 5.14. The number of rotatable bonds is 2. The predicted octanol–water partition coefficient (Wildman–Crippen LogP) is 2.80. The van der Waals surface area contributed by atoms with E-state index in [4.69, 9.17) is 4.52 Å². The molecule has 0 fully saturated rings. The van der Waals surface area contributed by atoms with Gasteiger partial charge in [0, 0.05) is 30.1 Å². The second kappa shape index (κ2) is 3.92. The Morgan fingerprint density at radius 1 is 1.28 bits per heavy atom. The second-order valence-corrected chi connectivity index (χ2v) is 3.71. The molecule has 0 aliphatic carbocycles. The molecule has 0 N–H and O–H groups in total. The topological polar surface area (TPSA) is 82.1 Å². The van der Waals surface area contributed by atoms with Crippen molar-refractivity contribution in [3.8, 4) is 11.3 Å². The highest BCUT2D eigenvalue weighted by Crippen LogP contribution is 2.29. The molecule has 2 aromatic heterocycles. The van der Waals surface area contributed by atoms with E-state index in [1.54, 1.807) is 24.5 Å². The molecular weight excluding hydrogens is 234 g/mol. The SMILES string of the molecule is O=[N+]([O-])c1ccc2onc(-c3cccnc3)c2c1. The highest BCUT2D eigenvalue weighted by molar-refractivity contribution is 5.92. The van der Waals surface area contributed by atoms with Crippen LogP contribution in [0.15, 0.2) is 47.2 Å². The minimum Gasteiger partial charge on any atom is -0.356 e. The van der Waals surface area contributed by atoms with Gasteiger partial charge in [-0.05, 0) is 18.2 Å². The van der Waals surface area contributed by atoms with Crippen LogP contribution in [0, 0.1) is 10.1 Å². The number of fused-ring (bicyclic) bond motifs is 1. The molecule has 0 unspecified atom stereocenters. The lowest BCUT2D eigenvalue weighted by atomic mass is 10.1. The van der Waals surface area contributed by atoms with Gasteiger partial charge in [-0.25, -0.2) is 0 Å². The molecule has 2 heterocycles. The highest BCUT2D eigenvalue weighted by Gasteiger charge is 2.14. The Balaban J connectivity index is 2.24. The molecule has 0 amide bonds. The first-order valence-electron chi connectivity index (χ1n) is 5.20. The first-order chi connectivity index (χ1) is 8.75. The van der Waals surface area contributed by atoms with E-state index in [1.807, 2.05) is 6.07 Å². The van der Waals surface area contributed by atoms with Crippen molar-refractivity contribution in [3.05, 3.63) is 52.8 Å². The molecule has 6 nitrogen and oxygen atoms in total. The minimum absolute atomic E-state index is 0.0100. The number of non-ortho nitro benzene ring substituents is 1. The van der Waals surface area contributed by atoms with Crippen LogP contribution in [0.2, 0.25) is 0 Å². The Kier molecular flexibility index (Phi) is 2.26. The number of hydrogen-bond acceptors (Lipinski definition) is 5. The second-order valence-electron chi connectivity index (χ2n) is 3.71. The van der Waals surface area contributed by atoms with Crippen molar-refractivity contribution in [2.75, 3.05) is 0 Å². The first-order valence-corrected chi connectivity index (χ1v) is 5.20. The fraction of sp³-hybridized carbons (Fsp3) is 0. The number of pyridine rings is 1. The van der Waals surface area contributed by atoms with Crippen molar-refractivity contribution in [3.63, 3.8) is 0 Å². The van der Waals surface area contributed by atoms with Gasteiger partial charge in [-0.2, -0.15) is 0 Å². The number of aromatic nitrogens is 2. The summed E-state index contributed by atoms with van der Waals surface area (Å²) >= 11 is 0. The van der Waals surface area contributed by atoms with Gasteiger partial charge in [-0.15, -0.1) is 0 Å². The zero-order valence-corrected chi connectivity index (χ0v) is 9.11. The Morgan fingerprint density at radius 3 is 2.89 bits per heavy atom. The zero-order valence-electron chi connectivity index (χ0n) is 9.11. The van der Waals surface area contributed by atoms with Crippen molar-refractivity contribution in [2.45, 2.75) is 0 Å². The van der Waals surface area contributed by atoms with Crippen LogP contribution in [-0.4, -0.2) is 15.1 Å². The number of hydrogen-bond donors (Lipinski definition) is 0. The number of nitrogens with zero attached hydrogens (tertiary/aromatic N) is 3. The monoisotopic (exact) mass is 241 g/mol. The third-order valence-corrected chi connectivity index (χ3v) is 2.60. The normalized spacial score (nSPS) is 10.7. The summed E-state index contributed by atoms with van der Waals surface area (Å²) in [5, 5.41) is 15.3. The smallest absolute Gasteiger partial charge is 0.270 e. The molecule has 88 valence electrons. The van der Waals surface area contributed by atoms with E-state index < -0.39 is 4.92 Å². The fourth-order valence-electron chi connectivity index (χ4n) is 1.75. The van der Waals surface area contributed by atoms with Gasteiger partial charge in [0.25, 0.3) is 5.69 Å². The highest BCUT2D eigenvalue weighted by atomic mass is 16.6. The average molecular weight is 241 g/mol. The molecule has 6 heteroatoms. The van der Waals surface area contributed by atoms with Crippen LogP contribution < -0.4 is 0 Å². The lowest BCUT2D eigenvalue weighted by Crippen LogP contribution is -1.87. The predicted molar refractivity (Wildman–Crippen MR) is 63.9 cm³/mol. The molecule has 0 aliphatic heterocycles. The maximum Gasteiger partial charge on any atom is 0.270 e. The van der Waals surface area contributed by atoms with E-state index in [2.05, 4.69) is 10.1 Å². The van der Waals surface area contributed by atoms with Gasteiger partial charge in [0.15, 0.2) is 5.58 Å². The van der Waals surface area contributed by atoms with Crippen LogP contribution in [0.25, 0.3) is 22.2 Å². The van der Waals surface area contributed by atoms with Gasteiger partial charge in [0.2, 0.25) is 0 Å². The Bertz CT molecular complexity index is 722. The van der Waals surface area contributed by atoms with Crippen LogP contribution in [0.4, 0.5) is 5.69 Å². The quantitative estimate of drug-likeness (QED) is 0.509. The van der Waals surface area contributed by atoms with Crippen LogP contribution in [0.3, 0.4) is 0 Å². The summed E-state index contributed by atoms with van der Waals surface area (Å²) in [6.07, 6.45) is 3.28. The lowest BCUT2D eigenvalue weighted by molar-refractivity contribution is -0.384. The summed E-state index contributed by atoms with van der Waals surface area (Å²) in [7, 11) is 0. The van der Waals surface area contributed by atoms with E-state index in [0.29, 0.717) is 16.7 Å². The van der Waals surface area contributed by atoms with Gasteiger partial charge in [-0.1, -0.05) is 5.16 Å². The van der Waals surface area contributed by atoms with Crippen molar-refractivity contribution in [1.29, 1.82) is 0 Å². The van der Waals surface area contributed by atoms with Gasteiger partial charge < -0.3 is 4.52 Å². The first kappa shape index (κ1) is 10.4. The summed E-state index contributed by atoms with van der Waals surface area (Å²) in [5.41, 5.74) is 1.84. The summed E-state index contributed by atoms with van der Waals surface area (Å²) in [5.74, 6) is 0. The van der Waals surface area contributed by atoms with Gasteiger partial charge in [-0.3, -0.25) is 15.1 Å². The molecule has 3 rings (SSSR count). The van der Waals surface area contributed by atoms with Gasteiger partial charge >= 0.3 is 0 Å². The lowest BCUT2D eigenvalue weighted by Gasteiger charge is -1.95. The molecular formula is C12H7N3O3. The number of nitro benzene ring substituents is 1. The van der Waals surface area contributed by atoms with Crippen molar-refractivity contribution in [2.24, 2.45) is 0 Å². The third-order valence-electron chi connectivity index (χ3n) is 2.60. The largest absolute Gasteiger partial charge is 0.356 e. The van der Waals surface area contributed by atoms with Crippen LogP contribution in [-0.2, 0) is 0 Å². The molecule has 0 saturated heterocycles. The molecule has 0 radical (unpaired) electrons. The van der Waals surface area contributed by atoms with Crippen molar-refractivity contribution < 1.29 is 9.45 Å². The van der Waals surface area contributed by atoms with E-state index >= 15 is 0 Å². The van der Waals surface area contributed by atoms with Crippen LogP contribution in [0.1, 0.15) is 0 Å². The average Bonchev–Trinajstić information content (AvgIpc) is 2.82. The molecule has 0 saturated carbocycles. The summed E-state index contributed by atoms with van der Waals surface area (Å²) in [4.78, 5) is 14.3. The molecule has 0 atom stereocenters. The van der Waals surface area contributed by atoms with E-state index in [1.165, 1.54) is 12.1 Å². The Hall–Kier alpha value is -2.76. The van der Waals surface area contributed by atoms with Crippen molar-refractivity contribution >= 4 is 16.7 Å². The minimum atomic E-state index is -0.445. The molecule has 0 aliphatic rings. The molecule has 0 spiro atoms. The Morgan fingerprint density at radius 2 is 2.17 bits per heavy atom. The zero-order chi connectivity index (χ0) is 12.5. The fourth-order valence-corrected chi connectivity index (χ4v) is 1.75. The van der Waals surface area contributed by atoms with E-state index in [0.717, 1.165) is 5.56 Å². The van der Waals surface area contributed by atoms with Gasteiger partial charge in [0.1, 0.15) is 5.69 Å². The van der Waals surface area contributed by atoms with Gasteiger partial charge in [0.05, 0.1) is 10.3 Å². The standard InChI is InChI=1S/C12H7N3O3/c16-15(17)9-3-4-11-10(6-9)12(14-18-11)8-2-1-5-13-7-8/h1-7H. The molecule has 18 heavy (non-hydrogen) atoms. The Labute approximate surface area is 101 Å². The maximum absolute atomic E-state index is 10.8. The molecule has 0 bridgehead atoms. The van der Waals surface area contributed by atoms with Crippen LogP contribution >= 0.6 is 0 Å². The van der Waals surface area contributed by atoms with Crippen molar-refractivity contribution in [1.82, 2.24) is 10.1 Å². The molecule has 1 aromatic carbocycles. The van der Waals surface area contributed by atoms with Crippen LogP contribution in [0.5, 0.6) is 0 Å². The maximum atomic E-state index is 10.8. The number of nitro groups is 1. The van der Waals surface area contributed by atoms with E-state index in [9.17, 15) is 10.1 Å². The number of benzene rings is 1.